The molecular formula is C13H15F4IN2O. The van der Waals surface area contributed by atoms with Crippen LogP contribution < -0.4 is 24.0 Å². The van der Waals surface area contributed by atoms with Crippen molar-refractivity contribution >= 4 is 5.91 Å². The van der Waals surface area contributed by atoms with Crippen LogP contribution in [-0.2, 0) is 0 Å². The zero-order chi connectivity index (χ0) is 15.1. The summed E-state index contributed by atoms with van der Waals surface area (Å²) in [4.78, 5) is 13.4. The van der Waals surface area contributed by atoms with Crippen LogP contribution in [0, 0.1) is 23.3 Å². The Morgan fingerprint density at radius 2 is 1.57 bits per heavy atom. The van der Waals surface area contributed by atoms with Crippen molar-refractivity contribution in [2.24, 2.45) is 0 Å². The van der Waals surface area contributed by atoms with Gasteiger partial charge >= 0.3 is 0 Å². The topological polar surface area (TPSA) is 20.3 Å². The molecule has 1 saturated heterocycles. The van der Waals surface area contributed by atoms with Crippen molar-refractivity contribution in [2.45, 2.75) is 0 Å². The van der Waals surface area contributed by atoms with E-state index in [2.05, 4.69) is 0 Å². The number of benzene rings is 1. The first-order valence-corrected chi connectivity index (χ1v) is 6.17. The Morgan fingerprint density at radius 3 is 2.10 bits per heavy atom. The van der Waals surface area contributed by atoms with Crippen LogP contribution >= 0.6 is 0 Å². The van der Waals surface area contributed by atoms with Crippen molar-refractivity contribution in [1.82, 2.24) is 4.90 Å². The highest BCUT2D eigenvalue weighted by Crippen LogP contribution is 2.21. The summed E-state index contributed by atoms with van der Waals surface area (Å²) in [5.41, 5.74) is -0.770. The maximum atomic E-state index is 13.6. The van der Waals surface area contributed by atoms with Crippen molar-refractivity contribution in [3.05, 3.63) is 34.9 Å². The second-order valence-electron chi connectivity index (χ2n) is 5.52. The molecule has 0 spiro atoms. The van der Waals surface area contributed by atoms with Crippen LogP contribution in [0.3, 0.4) is 0 Å². The van der Waals surface area contributed by atoms with Gasteiger partial charge in [-0.05, 0) is 6.07 Å². The molecule has 0 bridgehead atoms. The van der Waals surface area contributed by atoms with Crippen LogP contribution in [0.25, 0.3) is 0 Å². The van der Waals surface area contributed by atoms with Crippen molar-refractivity contribution in [3.8, 4) is 0 Å². The van der Waals surface area contributed by atoms with Crippen molar-refractivity contribution in [2.75, 3.05) is 40.3 Å². The van der Waals surface area contributed by atoms with E-state index in [1.807, 2.05) is 14.1 Å². The van der Waals surface area contributed by atoms with Gasteiger partial charge in [0, 0.05) is 0 Å². The van der Waals surface area contributed by atoms with Gasteiger partial charge in [-0.15, -0.1) is 0 Å². The quantitative estimate of drug-likeness (QED) is 0.184. The third kappa shape index (κ3) is 3.65. The SMILES string of the molecule is C[N+]1(C)CCN(C(=O)c2cc(F)c(F)c(F)c2F)CC1.[I-]. The van der Waals surface area contributed by atoms with Gasteiger partial charge in [0.05, 0.1) is 45.8 Å². The van der Waals surface area contributed by atoms with Crippen LogP contribution in [0.5, 0.6) is 0 Å². The minimum Gasteiger partial charge on any atom is -1.00 e. The number of halogens is 5. The van der Waals surface area contributed by atoms with Gasteiger partial charge in [0.2, 0.25) is 0 Å². The van der Waals surface area contributed by atoms with Crippen LogP contribution in [0.15, 0.2) is 6.07 Å². The molecule has 0 aromatic heterocycles. The lowest BCUT2D eigenvalue weighted by Gasteiger charge is -2.39. The lowest BCUT2D eigenvalue weighted by atomic mass is 10.1. The van der Waals surface area contributed by atoms with E-state index in [4.69, 9.17) is 0 Å². The number of rotatable bonds is 1. The Kier molecular flexibility index (Phi) is 5.59. The van der Waals surface area contributed by atoms with Crippen LogP contribution in [0.2, 0.25) is 0 Å². The number of hydrogen-bond donors (Lipinski definition) is 0. The number of nitrogens with zero attached hydrogens (tertiary/aromatic N) is 2. The number of carbonyl (C=O) groups excluding carboxylic acids is 1. The summed E-state index contributed by atoms with van der Waals surface area (Å²) in [6.45, 7) is 2.01. The van der Waals surface area contributed by atoms with Gasteiger partial charge in [-0.3, -0.25) is 4.79 Å². The molecule has 1 aromatic carbocycles. The fourth-order valence-corrected chi connectivity index (χ4v) is 2.11. The Bertz CT molecular complexity index is 556. The Morgan fingerprint density at radius 1 is 1.05 bits per heavy atom. The Hall–Kier alpha value is -0.900. The number of quaternary nitrogens is 1. The predicted octanol–water partition coefficient (Wildman–Crippen LogP) is -1.22. The second-order valence-corrected chi connectivity index (χ2v) is 5.52. The highest BCUT2D eigenvalue weighted by atomic mass is 127. The molecule has 21 heavy (non-hydrogen) atoms. The van der Waals surface area contributed by atoms with Gasteiger partial charge in [0.15, 0.2) is 23.3 Å². The maximum Gasteiger partial charge on any atom is 0.257 e. The Labute approximate surface area is 137 Å². The molecule has 118 valence electrons. The third-order valence-corrected chi connectivity index (χ3v) is 3.57. The smallest absolute Gasteiger partial charge is 0.257 e. The fraction of sp³-hybridized carbons (Fsp3) is 0.462. The minimum absolute atomic E-state index is 0. The van der Waals surface area contributed by atoms with Gasteiger partial charge in [-0.2, -0.15) is 0 Å². The molecule has 2 rings (SSSR count). The molecule has 0 saturated carbocycles. The van der Waals surface area contributed by atoms with E-state index in [9.17, 15) is 22.4 Å². The zero-order valence-electron chi connectivity index (χ0n) is 11.6. The van der Waals surface area contributed by atoms with E-state index >= 15 is 0 Å². The summed E-state index contributed by atoms with van der Waals surface area (Å²) in [5, 5.41) is 0. The van der Waals surface area contributed by atoms with Crippen molar-refractivity contribution < 1.29 is 50.8 Å². The van der Waals surface area contributed by atoms with Gasteiger partial charge in [0.25, 0.3) is 5.91 Å². The summed E-state index contributed by atoms with van der Waals surface area (Å²) in [5.74, 6) is -7.90. The minimum atomic E-state index is -1.96. The first kappa shape index (κ1) is 18.1. The number of amides is 1. The fourth-order valence-electron chi connectivity index (χ4n) is 2.11. The molecule has 1 heterocycles. The molecule has 1 fully saturated rings. The highest BCUT2D eigenvalue weighted by molar-refractivity contribution is 5.94. The predicted molar refractivity (Wildman–Crippen MR) is 64.0 cm³/mol. The van der Waals surface area contributed by atoms with Gasteiger partial charge in [-0.1, -0.05) is 0 Å². The third-order valence-electron chi connectivity index (χ3n) is 3.57. The van der Waals surface area contributed by atoms with Crippen LogP contribution in [0.4, 0.5) is 17.6 Å². The molecule has 0 aliphatic carbocycles. The van der Waals surface area contributed by atoms with Gasteiger partial charge in [0.1, 0.15) is 0 Å². The summed E-state index contributed by atoms with van der Waals surface area (Å²) >= 11 is 0. The van der Waals surface area contributed by atoms with E-state index in [1.165, 1.54) is 4.90 Å². The first-order valence-electron chi connectivity index (χ1n) is 6.17. The van der Waals surface area contributed by atoms with Crippen molar-refractivity contribution in [3.63, 3.8) is 0 Å². The van der Waals surface area contributed by atoms with Crippen molar-refractivity contribution in [1.29, 1.82) is 0 Å². The molecule has 1 aliphatic heterocycles. The largest absolute Gasteiger partial charge is 1.00 e. The van der Waals surface area contributed by atoms with E-state index in [-0.39, 0.29) is 24.0 Å². The first-order chi connectivity index (χ1) is 9.23. The van der Waals surface area contributed by atoms with Crippen LogP contribution in [-0.4, -0.2) is 55.6 Å². The molecule has 1 aliphatic rings. The summed E-state index contributed by atoms with van der Waals surface area (Å²) < 4.78 is 53.4. The molecular weight excluding hydrogens is 403 g/mol. The normalized spacial score (nSPS) is 17.3. The van der Waals surface area contributed by atoms with E-state index in [1.54, 1.807) is 0 Å². The summed E-state index contributed by atoms with van der Waals surface area (Å²) in [7, 11) is 3.97. The molecule has 0 radical (unpaired) electrons. The van der Waals surface area contributed by atoms with E-state index in [0.29, 0.717) is 36.7 Å². The molecule has 0 atom stereocenters. The monoisotopic (exact) mass is 418 g/mol. The standard InChI is InChI=1S/C13H15F4N2O.HI/c1-19(2)5-3-18(4-6-19)13(20)8-7-9(14)11(16)12(17)10(8)15;/h7H,3-6H2,1-2H3;1H/q+1;/p-1. The lowest BCUT2D eigenvalue weighted by molar-refractivity contribution is -0.894. The molecule has 1 amide bonds. The van der Waals surface area contributed by atoms with E-state index in [0.717, 1.165) is 0 Å². The summed E-state index contributed by atoms with van der Waals surface area (Å²) in [6, 6.07) is 0.407. The number of piperazine rings is 1. The molecule has 0 N–H and O–H groups in total. The molecule has 3 nitrogen and oxygen atoms in total. The van der Waals surface area contributed by atoms with Crippen LogP contribution in [0.1, 0.15) is 10.4 Å². The highest BCUT2D eigenvalue weighted by Gasteiger charge is 2.31. The lowest BCUT2D eigenvalue weighted by Crippen LogP contribution is -3.00. The second kappa shape index (κ2) is 6.47. The number of hydrogen-bond acceptors (Lipinski definition) is 1. The molecule has 1 aromatic rings. The van der Waals surface area contributed by atoms with E-state index < -0.39 is 34.7 Å². The van der Waals surface area contributed by atoms with Gasteiger partial charge in [-0.25, -0.2) is 17.6 Å². The average Bonchev–Trinajstić information content (AvgIpc) is 2.40. The molecule has 8 heteroatoms. The zero-order valence-corrected chi connectivity index (χ0v) is 13.8. The maximum absolute atomic E-state index is 13.6. The Balaban J connectivity index is 0.00000220. The summed E-state index contributed by atoms with van der Waals surface area (Å²) in [6.07, 6.45) is 0. The number of likely N-dealkylation sites (N-methyl/N-ethyl adjacent to an activating group) is 1. The number of carbonyl (C=O) groups is 1. The average molecular weight is 418 g/mol. The molecule has 0 unspecified atom stereocenters. The van der Waals surface area contributed by atoms with Gasteiger partial charge < -0.3 is 33.4 Å².